The average Bonchev–Trinajstić information content (AvgIpc) is 2.90. The molecule has 1 atom stereocenters. The molecule has 0 spiro atoms. The van der Waals surface area contributed by atoms with Crippen LogP contribution < -0.4 is 10.1 Å². The minimum atomic E-state index is -4.49. The summed E-state index contributed by atoms with van der Waals surface area (Å²) in [7, 11) is 0. The predicted octanol–water partition coefficient (Wildman–Crippen LogP) is 5.41. The Morgan fingerprint density at radius 1 is 1.09 bits per heavy atom. The highest BCUT2D eigenvalue weighted by Gasteiger charge is 2.32. The number of hydrogen-bond donors (Lipinski definition) is 1. The van der Waals surface area contributed by atoms with Gasteiger partial charge in [0, 0.05) is 29.9 Å². The van der Waals surface area contributed by atoms with Crippen LogP contribution in [0.25, 0.3) is 0 Å². The third kappa shape index (κ3) is 5.19. The number of carbonyl (C=O) groups excluding carboxylic acids is 2. The molecule has 0 radical (unpaired) electrons. The zero-order valence-electron chi connectivity index (χ0n) is 18.0. The SMILES string of the molecule is C[C@H]1Oc2ccc(NC(=O)c3cccc(F)c3)cc2CN(Cc2cccc(C(F)(F)F)c2)C1=O. The topological polar surface area (TPSA) is 58.6 Å². The van der Waals surface area contributed by atoms with Gasteiger partial charge in [-0.1, -0.05) is 18.2 Å². The molecule has 0 aliphatic carbocycles. The highest BCUT2D eigenvalue weighted by Crippen LogP contribution is 2.32. The van der Waals surface area contributed by atoms with Gasteiger partial charge in [0.15, 0.2) is 6.10 Å². The molecule has 3 aromatic rings. The van der Waals surface area contributed by atoms with Crippen LogP contribution in [0.15, 0.2) is 66.7 Å². The van der Waals surface area contributed by atoms with Crippen molar-refractivity contribution in [2.24, 2.45) is 0 Å². The van der Waals surface area contributed by atoms with Crippen LogP contribution >= 0.6 is 0 Å². The van der Waals surface area contributed by atoms with Gasteiger partial charge in [-0.3, -0.25) is 9.59 Å². The van der Waals surface area contributed by atoms with E-state index < -0.39 is 29.6 Å². The molecule has 176 valence electrons. The summed E-state index contributed by atoms with van der Waals surface area (Å²) in [5.74, 6) is -1.00. The number of halogens is 4. The maximum atomic E-state index is 13.4. The van der Waals surface area contributed by atoms with Gasteiger partial charge in [-0.25, -0.2) is 4.39 Å². The van der Waals surface area contributed by atoms with E-state index in [4.69, 9.17) is 4.74 Å². The second-order valence-corrected chi connectivity index (χ2v) is 7.94. The molecule has 5 nitrogen and oxygen atoms in total. The van der Waals surface area contributed by atoms with Crippen molar-refractivity contribution in [3.63, 3.8) is 0 Å². The normalized spacial score (nSPS) is 15.9. The number of carbonyl (C=O) groups is 2. The van der Waals surface area contributed by atoms with Crippen LogP contribution in [0.2, 0.25) is 0 Å². The summed E-state index contributed by atoms with van der Waals surface area (Å²) in [6.07, 6.45) is -5.34. The number of alkyl halides is 3. The molecular formula is C25H20F4N2O3. The molecular weight excluding hydrogens is 452 g/mol. The molecule has 0 unspecified atom stereocenters. The number of anilines is 1. The minimum Gasteiger partial charge on any atom is -0.481 e. The Bertz CT molecular complexity index is 1240. The summed E-state index contributed by atoms with van der Waals surface area (Å²) in [5.41, 5.74) is 0.647. The molecule has 34 heavy (non-hydrogen) atoms. The number of ether oxygens (including phenoxy) is 1. The number of amides is 2. The molecule has 3 aromatic carbocycles. The lowest BCUT2D eigenvalue weighted by Gasteiger charge is -2.22. The first-order valence-corrected chi connectivity index (χ1v) is 10.4. The van der Waals surface area contributed by atoms with E-state index in [1.807, 2.05) is 0 Å². The van der Waals surface area contributed by atoms with Gasteiger partial charge in [-0.15, -0.1) is 0 Å². The van der Waals surface area contributed by atoms with Crippen molar-refractivity contribution in [3.8, 4) is 5.75 Å². The van der Waals surface area contributed by atoms with Crippen molar-refractivity contribution in [1.29, 1.82) is 0 Å². The number of fused-ring (bicyclic) bond motifs is 1. The molecule has 2 amide bonds. The molecule has 0 fully saturated rings. The number of nitrogens with one attached hydrogen (secondary N) is 1. The van der Waals surface area contributed by atoms with E-state index in [9.17, 15) is 27.2 Å². The minimum absolute atomic E-state index is 0.0459. The van der Waals surface area contributed by atoms with E-state index >= 15 is 0 Å². The van der Waals surface area contributed by atoms with Crippen molar-refractivity contribution in [1.82, 2.24) is 4.90 Å². The Balaban J connectivity index is 1.57. The molecule has 1 N–H and O–H groups in total. The standard InChI is InChI=1S/C25H20F4N2O3/c1-15-24(33)31(13-16-4-2-6-19(10-16)25(27,28)29)14-18-12-21(8-9-22(18)34-15)30-23(32)17-5-3-7-20(26)11-17/h2-12,15H,13-14H2,1H3,(H,30,32)/t15-/m1/s1. The Kier molecular flexibility index (Phi) is 6.28. The first kappa shape index (κ1) is 23.3. The third-order valence-corrected chi connectivity index (χ3v) is 5.36. The number of nitrogens with zero attached hydrogens (tertiary/aromatic N) is 1. The lowest BCUT2D eigenvalue weighted by atomic mass is 10.1. The van der Waals surface area contributed by atoms with Gasteiger partial charge in [-0.05, 0) is 61.0 Å². The van der Waals surface area contributed by atoms with Gasteiger partial charge in [0.25, 0.3) is 11.8 Å². The summed E-state index contributed by atoms with van der Waals surface area (Å²) in [4.78, 5) is 26.7. The highest BCUT2D eigenvalue weighted by molar-refractivity contribution is 6.04. The van der Waals surface area contributed by atoms with Crippen LogP contribution in [0.3, 0.4) is 0 Å². The Hall–Kier alpha value is -3.88. The zero-order valence-corrected chi connectivity index (χ0v) is 18.0. The maximum Gasteiger partial charge on any atom is 0.416 e. The monoisotopic (exact) mass is 472 g/mol. The van der Waals surface area contributed by atoms with Crippen molar-refractivity contribution in [3.05, 3.63) is 94.8 Å². The van der Waals surface area contributed by atoms with Gasteiger partial charge in [0.05, 0.1) is 5.56 Å². The maximum absolute atomic E-state index is 13.4. The van der Waals surface area contributed by atoms with Crippen molar-refractivity contribution in [2.75, 3.05) is 5.32 Å². The molecule has 0 saturated heterocycles. The number of hydrogen-bond acceptors (Lipinski definition) is 3. The lowest BCUT2D eigenvalue weighted by molar-refractivity contribution is -0.138. The Morgan fingerprint density at radius 3 is 2.59 bits per heavy atom. The summed E-state index contributed by atoms with van der Waals surface area (Å²) >= 11 is 0. The molecule has 1 aliphatic heterocycles. The smallest absolute Gasteiger partial charge is 0.416 e. The quantitative estimate of drug-likeness (QED) is 0.517. The van der Waals surface area contributed by atoms with E-state index in [0.29, 0.717) is 22.6 Å². The lowest BCUT2D eigenvalue weighted by Crippen LogP contribution is -2.37. The van der Waals surface area contributed by atoms with Gasteiger partial charge in [-0.2, -0.15) is 13.2 Å². The zero-order chi connectivity index (χ0) is 24.5. The van der Waals surface area contributed by atoms with E-state index in [-0.39, 0.29) is 24.6 Å². The predicted molar refractivity (Wildman–Crippen MR) is 117 cm³/mol. The van der Waals surface area contributed by atoms with Crippen LogP contribution in [0, 0.1) is 5.82 Å². The second-order valence-electron chi connectivity index (χ2n) is 7.94. The van der Waals surface area contributed by atoms with Gasteiger partial charge in [0.2, 0.25) is 0 Å². The fourth-order valence-corrected chi connectivity index (χ4v) is 3.71. The first-order valence-electron chi connectivity index (χ1n) is 10.4. The van der Waals surface area contributed by atoms with Crippen LogP contribution in [-0.2, 0) is 24.1 Å². The molecule has 0 saturated carbocycles. The first-order chi connectivity index (χ1) is 16.1. The fraction of sp³-hybridized carbons (Fsp3) is 0.200. The summed E-state index contributed by atoms with van der Waals surface area (Å²) in [5, 5.41) is 2.68. The average molecular weight is 472 g/mol. The van der Waals surface area contributed by atoms with Crippen LogP contribution in [0.1, 0.15) is 34.0 Å². The van der Waals surface area contributed by atoms with Crippen LogP contribution in [-0.4, -0.2) is 22.8 Å². The van der Waals surface area contributed by atoms with Crippen molar-refractivity contribution in [2.45, 2.75) is 32.3 Å². The molecule has 9 heteroatoms. The molecule has 4 rings (SSSR count). The highest BCUT2D eigenvalue weighted by atomic mass is 19.4. The number of rotatable bonds is 4. The Morgan fingerprint density at radius 2 is 1.85 bits per heavy atom. The van der Waals surface area contributed by atoms with E-state index in [1.54, 1.807) is 25.1 Å². The Labute approximate surface area is 193 Å². The van der Waals surface area contributed by atoms with Gasteiger partial charge < -0.3 is 15.0 Å². The third-order valence-electron chi connectivity index (χ3n) is 5.36. The van der Waals surface area contributed by atoms with E-state index in [1.165, 1.54) is 35.2 Å². The van der Waals surface area contributed by atoms with Crippen LogP contribution in [0.5, 0.6) is 5.75 Å². The second kappa shape index (κ2) is 9.17. The molecule has 1 aliphatic rings. The van der Waals surface area contributed by atoms with Crippen molar-refractivity contribution >= 4 is 17.5 Å². The van der Waals surface area contributed by atoms with E-state index in [0.717, 1.165) is 18.2 Å². The van der Waals surface area contributed by atoms with E-state index in [2.05, 4.69) is 5.32 Å². The molecule has 0 bridgehead atoms. The summed E-state index contributed by atoms with van der Waals surface area (Å²) in [6.45, 7) is 1.59. The van der Waals surface area contributed by atoms with Crippen LogP contribution in [0.4, 0.5) is 23.2 Å². The molecule has 1 heterocycles. The number of benzene rings is 3. The fourth-order valence-electron chi connectivity index (χ4n) is 3.71. The van der Waals surface area contributed by atoms with Crippen molar-refractivity contribution < 1.29 is 31.9 Å². The van der Waals surface area contributed by atoms with Gasteiger partial charge in [0.1, 0.15) is 11.6 Å². The largest absolute Gasteiger partial charge is 0.481 e. The summed E-state index contributed by atoms with van der Waals surface area (Å²) in [6, 6.07) is 14.9. The summed E-state index contributed by atoms with van der Waals surface area (Å²) < 4.78 is 58.4. The van der Waals surface area contributed by atoms with Gasteiger partial charge >= 0.3 is 6.18 Å². The molecule has 0 aromatic heterocycles.